The number of sulfone groups is 2. The number of phenolic OH excluding ortho intramolecular Hbond substituents is 1. The minimum absolute atomic E-state index is 0.00201. The number of piperidine rings is 5. The van der Waals surface area contributed by atoms with Crippen LogP contribution in [0.25, 0.3) is 55.0 Å². The van der Waals surface area contributed by atoms with Crippen molar-refractivity contribution in [1.82, 2.24) is 54.4 Å². The minimum Gasteiger partial charge on any atom is -0.507 e. The number of hydrogen-bond acceptors (Lipinski definition) is 23. The quantitative estimate of drug-likeness (QED) is 0.0245. The number of aryl methyl sites for hydroxylation is 4. The summed E-state index contributed by atoms with van der Waals surface area (Å²) in [6.45, 7) is 26.1. The Morgan fingerprint density at radius 2 is 0.851 bits per heavy atom. The molecule has 11 heterocycles. The molecule has 5 aliphatic heterocycles. The Balaban J connectivity index is 0.000000161. The summed E-state index contributed by atoms with van der Waals surface area (Å²) >= 11 is 35.2. The second kappa shape index (κ2) is 55.4. The van der Waals surface area contributed by atoms with Gasteiger partial charge < -0.3 is 84.7 Å². The van der Waals surface area contributed by atoms with Crippen molar-refractivity contribution in [3.63, 3.8) is 0 Å². The van der Waals surface area contributed by atoms with Gasteiger partial charge in [-0.25, -0.2) is 36.8 Å². The predicted molar refractivity (Wildman–Crippen MR) is 602 cm³/mol. The fourth-order valence-electron chi connectivity index (χ4n) is 16.5. The van der Waals surface area contributed by atoms with Crippen LogP contribution in [0.1, 0.15) is 100 Å². The molecule has 0 aliphatic carbocycles. The Bertz CT molecular complexity index is 6460. The van der Waals surface area contributed by atoms with Gasteiger partial charge in [-0.3, -0.25) is 0 Å². The lowest BCUT2D eigenvalue weighted by Crippen LogP contribution is -2.32. The molecule has 9 N–H and O–H groups in total. The van der Waals surface area contributed by atoms with Crippen LogP contribution in [-0.2, 0) is 19.7 Å². The van der Waals surface area contributed by atoms with Crippen LogP contribution in [-0.4, -0.2) is 244 Å². The van der Waals surface area contributed by atoms with E-state index in [1.165, 1.54) is 95.6 Å². The number of phenols is 1. The van der Waals surface area contributed by atoms with Crippen molar-refractivity contribution in [2.24, 2.45) is 29.6 Å². The maximum atomic E-state index is 12.5. The first-order valence-corrected chi connectivity index (χ1v) is 56.1. The van der Waals surface area contributed by atoms with Gasteiger partial charge in [0, 0.05) is 68.0 Å². The van der Waals surface area contributed by atoms with E-state index in [2.05, 4.69) is 162 Å². The number of nitrogens with two attached hydrogens (primary N) is 1. The average molecular weight is 2400 g/mol. The number of nitrogen functional groups attached to an aromatic ring is 1. The van der Waals surface area contributed by atoms with Crippen LogP contribution in [0.2, 0.25) is 20.1 Å². The zero-order valence-corrected chi connectivity index (χ0v) is 93.9. The molecule has 7 aromatic carbocycles. The van der Waals surface area contributed by atoms with Gasteiger partial charge in [0.2, 0.25) is 0 Å². The number of rotatable bonds is 21. The van der Waals surface area contributed by atoms with Gasteiger partial charge in [0.25, 0.3) is 0 Å². The van der Waals surface area contributed by atoms with Crippen molar-refractivity contribution < 1.29 is 56.0 Å². The monoisotopic (exact) mass is 2390 g/mol. The van der Waals surface area contributed by atoms with Crippen molar-refractivity contribution in [3.05, 3.63) is 235 Å². The molecule has 5 aliphatic rings. The van der Waals surface area contributed by atoms with Crippen molar-refractivity contribution in [2.45, 2.75) is 116 Å². The maximum absolute atomic E-state index is 12.5. The fourth-order valence-corrected chi connectivity index (χ4v) is 21.7. The molecule has 0 bridgehead atoms. The molecule has 0 atom stereocenters. The summed E-state index contributed by atoms with van der Waals surface area (Å²) in [7, 11) is 2.62. The molecular weight excluding hydrogens is 2270 g/mol. The molecule has 0 amide bonds. The number of pyridine rings is 4. The number of fused-ring (bicyclic) bond motifs is 6. The SMILES string of the molecule is CCS(=O)(=O)c1cccc(-c2ccc(OCC3CCN(C)CC3)c3[nH]c4ncc(C)cc4c23)c1.CCS(=O)(=O)c1cccc(B(O)O)c1.CN1CCC(CO)CC1.CN1CCC(COc2ccc(Cl)cc2I)CC1.Cc1cnc(N)c(Br)c1.Cc1cnc(Nc2cc(Cl)ccc2OCC2CCN(C)CC2)c(Br)c1.Cc1cnc2[nH]c3c(OCC4CCN(C)CC4)ccc(Cl)c3c2c1.Oc1ccc(Cl)cc1I. The van der Waals surface area contributed by atoms with Gasteiger partial charge in [-0.1, -0.05) is 84.5 Å². The normalized spacial score (nSPS) is 15.7. The number of aromatic amines is 2. The molecule has 25 nitrogen and oxygen atoms in total. The van der Waals surface area contributed by atoms with E-state index < -0.39 is 26.8 Å². The number of ether oxygens (including phenoxy) is 4. The summed E-state index contributed by atoms with van der Waals surface area (Å²) in [5.41, 5.74) is 16.2. The maximum Gasteiger partial charge on any atom is 0.488 e. The minimum atomic E-state index is -3.30. The molecule has 0 saturated carbocycles. The number of aliphatic hydroxyl groups excluding tert-OH is 1. The topological polar surface area (TPSA) is 324 Å². The highest BCUT2D eigenvalue weighted by Gasteiger charge is 2.27. The van der Waals surface area contributed by atoms with Crippen LogP contribution in [0.4, 0.5) is 17.3 Å². The van der Waals surface area contributed by atoms with Gasteiger partial charge >= 0.3 is 7.12 Å². The van der Waals surface area contributed by atoms with E-state index >= 15 is 0 Å². The van der Waals surface area contributed by atoms with Crippen LogP contribution in [0.15, 0.2) is 195 Å². The number of aromatic hydroxyl groups is 1. The summed E-state index contributed by atoms with van der Waals surface area (Å²) < 4.78 is 76.1. The van der Waals surface area contributed by atoms with E-state index in [0.717, 1.165) is 223 Å². The van der Waals surface area contributed by atoms with Gasteiger partial charge in [-0.05, 0) is 465 Å². The average Bonchev–Trinajstić information content (AvgIpc) is 1.60. The second-order valence-corrected chi connectivity index (χ2v) is 47.1. The highest BCUT2D eigenvalue weighted by molar-refractivity contribution is 14.1. The summed E-state index contributed by atoms with van der Waals surface area (Å²) in [5.74, 6) is 8.12. The van der Waals surface area contributed by atoms with Gasteiger partial charge in [0.05, 0.1) is 85.6 Å². The lowest BCUT2D eigenvalue weighted by atomic mass is 9.80. The number of anilines is 3. The van der Waals surface area contributed by atoms with Gasteiger partial charge in [0.15, 0.2) is 19.7 Å². The number of benzene rings is 7. The Kier molecular flexibility index (Phi) is 44.7. The largest absolute Gasteiger partial charge is 0.507 e. The number of nitrogens with one attached hydrogen (secondary N) is 3. The van der Waals surface area contributed by atoms with Crippen LogP contribution in [0.5, 0.6) is 28.7 Å². The van der Waals surface area contributed by atoms with E-state index in [9.17, 15) is 16.8 Å². The highest BCUT2D eigenvalue weighted by Crippen LogP contribution is 2.43. The van der Waals surface area contributed by atoms with Gasteiger partial charge in [-0.15, -0.1) is 0 Å². The zero-order valence-electron chi connectivity index (χ0n) is 81.8. The fraction of sp³-hybridized carbons (Fsp3) is 0.410. The molecule has 141 heavy (non-hydrogen) atoms. The lowest BCUT2D eigenvalue weighted by molar-refractivity contribution is 0.148. The van der Waals surface area contributed by atoms with Crippen molar-refractivity contribution in [3.8, 4) is 39.9 Å². The third kappa shape index (κ3) is 34.6. The molecule has 5 fully saturated rings. The number of aliphatic hydroxyl groups is 1. The van der Waals surface area contributed by atoms with Gasteiger partial charge in [-0.2, -0.15) is 0 Å². The van der Waals surface area contributed by atoms with E-state index in [-0.39, 0.29) is 27.6 Å². The van der Waals surface area contributed by atoms with Crippen LogP contribution >= 0.6 is 123 Å². The first-order valence-electron chi connectivity index (χ1n) is 47.5. The third-order valence-corrected chi connectivity index (χ3v) is 32.9. The summed E-state index contributed by atoms with van der Waals surface area (Å²) in [5, 5.41) is 45.7. The van der Waals surface area contributed by atoms with Gasteiger partial charge in [0.1, 0.15) is 51.7 Å². The molecular formula is C105H130BBr2Cl4I2N13O12S2. The number of halogens is 8. The molecule has 0 radical (unpaired) electrons. The number of aromatic nitrogens is 6. The summed E-state index contributed by atoms with van der Waals surface area (Å²) in [6.07, 6.45) is 19.1. The lowest BCUT2D eigenvalue weighted by Gasteiger charge is -2.29. The Hall–Kier alpha value is -7.44. The van der Waals surface area contributed by atoms with Crippen LogP contribution in [0, 0.1) is 64.4 Å². The number of nitrogens with zero attached hydrogens (tertiary/aromatic N) is 9. The molecule has 18 rings (SSSR count). The third-order valence-electron chi connectivity index (χ3n) is 25.5. The summed E-state index contributed by atoms with van der Waals surface area (Å²) in [4.78, 5) is 36.6. The van der Waals surface area contributed by atoms with Crippen LogP contribution < -0.4 is 35.5 Å². The van der Waals surface area contributed by atoms with E-state index in [1.54, 1.807) is 43.5 Å². The Morgan fingerprint density at radius 3 is 1.30 bits per heavy atom. The van der Waals surface area contributed by atoms with Crippen molar-refractivity contribution >= 4 is 217 Å². The molecule has 36 heteroatoms. The number of hydrogen-bond donors (Lipinski definition) is 8. The first kappa shape index (κ1) is 114. The van der Waals surface area contributed by atoms with E-state index in [0.29, 0.717) is 63.6 Å². The Labute approximate surface area is 895 Å². The second-order valence-electron chi connectivity index (χ2n) is 36.8. The van der Waals surface area contributed by atoms with E-state index in [1.807, 2.05) is 154 Å². The molecule has 0 spiro atoms. The highest BCUT2D eigenvalue weighted by atomic mass is 127. The Morgan fingerprint density at radius 1 is 0.461 bits per heavy atom. The smallest absolute Gasteiger partial charge is 0.488 e. The number of H-pyrrole nitrogens is 2. The zero-order chi connectivity index (χ0) is 102. The molecule has 5 saturated heterocycles. The molecule has 758 valence electrons. The summed E-state index contributed by atoms with van der Waals surface area (Å²) in [6, 6.07) is 45.3. The number of likely N-dealkylation sites (tertiary alicyclic amines) is 5. The molecule has 0 unspecified atom stereocenters. The van der Waals surface area contributed by atoms with E-state index in [4.69, 9.17) is 91.3 Å². The van der Waals surface area contributed by atoms with Crippen molar-refractivity contribution in [2.75, 3.05) is 156 Å². The van der Waals surface area contributed by atoms with Crippen LogP contribution in [0.3, 0.4) is 0 Å². The standard InChI is InChI=1S/C27H31N3O3S.C19H23BrClN3O.C19H22ClN3O.C13H17ClINO.C8H11BO4S.C7H15NO.C6H7BrN2.C6H4ClIO/c1-4-34(31,32)21-7-5-6-20(15-21)22-8-9-24(33-17-19-10-12-30(3)13-11-19)26-25(22)23-14-18(2)16-28-27(23)29-26;1-13-9-16(20)19(22-11-13)23-17-10-15(21)3-4-18(17)25-12-14-5-7-24(2)8-6-14;1-12-9-14-17-15(20)3-4-16(18(17)22-19(14)21-10-12)24-11-13-5-7-23(2)8-6-13;1-16-6-4-10(5-7-16)9-17-13-3-2-11(14)8-12(13)15;1-2-14(12,13)8-5-3-4-7(6-8)9(10)11;1-8-4-2-7(6-9)3-5-8;1-4-2-5(7)6(8)9-3-4;7-4-1-2-6(9)5(8)3-4/h5-9,14-16,19H,4,10-13,17H2,1-3H3,(H,28,29);3-4,9-11,14H,5-8,12H2,1-2H3,(H,22,23);3-4,9-10,13H,5-8,11H2,1-2H3,(H,21,22);2-3,8,10H,4-7,9H2,1H3;3-6,10-11H,2H2,1H3;7,9H,2-6H2,1H3;2-3H,1H3,(H2,8,9);1-3,9H. The predicted octanol–water partition coefficient (Wildman–Crippen LogP) is 22.4. The molecule has 13 aromatic rings. The first-order chi connectivity index (χ1) is 67.3. The van der Waals surface area contributed by atoms with Crippen molar-refractivity contribution in [1.29, 1.82) is 0 Å². The molecule has 6 aromatic heterocycles.